The first kappa shape index (κ1) is 15.6. The van der Waals surface area contributed by atoms with Crippen LogP contribution in [0, 0.1) is 12.3 Å². The molecule has 5 nitrogen and oxygen atoms in total. The van der Waals surface area contributed by atoms with Gasteiger partial charge in [-0.1, -0.05) is 13.8 Å². The molecule has 104 valence electrons. The van der Waals surface area contributed by atoms with Crippen molar-refractivity contribution in [3.05, 3.63) is 22.3 Å². The van der Waals surface area contributed by atoms with Crippen LogP contribution in [0.1, 0.15) is 32.3 Å². The summed E-state index contributed by atoms with van der Waals surface area (Å²) < 4.78 is 0.842. The third-order valence-corrected chi connectivity index (χ3v) is 3.01. The maximum Gasteiger partial charge on any atom is 0.303 e. The third-order valence-electron chi connectivity index (χ3n) is 2.57. The molecular formula is C13H17BrN2O3. The van der Waals surface area contributed by atoms with Crippen molar-refractivity contribution < 1.29 is 14.7 Å². The highest BCUT2D eigenvalue weighted by Crippen LogP contribution is 2.26. The number of rotatable bonds is 5. The van der Waals surface area contributed by atoms with Crippen molar-refractivity contribution in [2.75, 3.05) is 5.32 Å². The van der Waals surface area contributed by atoms with E-state index in [9.17, 15) is 9.59 Å². The van der Waals surface area contributed by atoms with E-state index < -0.39 is 11.4 Å². The minimum Gasteiger partial charge on any atom is -0.481 e. The predicted octanol–water partition coefficient (Wildman–Crippen LogP) is 2.98. The first-order valence-electron chi connectivity index (χ1n) is 5.83. The average molecular weight is 329 g/mol. The summed E-state index contributed by atoms with van der Waals surface area (Å²) in [7, 11) is 0. The van der Waals surface area contributed by atoms with E-state index in [-0.39, 0.29) is 18.7 Å². The average Bonchev–Trinajstić information content (AvgIpc) is 2.19. The Morgan fingerprint density at radius 2 is 2.05 bits per heavy atom. The van der Waals surface area contributed by atoms with Crippen LogP contribution >= 0.6 is 15.9 Å². The second-order valence-electron chi connectivity index (χ2n) is 5.28. The first-order valence-corrected chi connectivity index (χ1v) is 6.63. The lowest BCUT2D eigenvalue weighted by molar-refractivity contribution is -0.139. The van der Waals surface area contributed by atoms with Crippen LogP contribution in [0.2, 0.25) is 0 Å². The van der Waals surface area contributed by atoms with Gasteiger partial charge in [0.15, 0.2) is 0 Å². The molecule has 19 heavy (non-hydrogen) atoms. The number of anilines is 1. The molecule has 1 amide bonds. The lowest BCUT2D eigenvalue weighted by Crippen LogP contribution is -2.25. The zero-order valence-electron chi connectivity index (χ0n) is 11.2. The molecule has 0 aromatic carbocycles. The van der Waals surface area contributed by atoms with Crippen molar-refractivity contribution >= 4 is 33.6 Å². The van der Waals surface area contributed by atoms with Crippen molar-refractivity contribution in [2.45, 2.75) is 33.6 Å². The Kier molecular flexibility index (Phi) is 5.05. The molecule has 0 aliphatic heterocycles. The zero-order chi connectivity index (χ0) is 14.6. The van der Waals surface area contributed by atoms with E-state index in [0.29, 0.717) is 5.82 Å². The second kappa shape index (κ2) is 6.14. The third kappa shape index (κ3) is 5.38. The van der Waals surface area contributed by atoms with Crippen LogP contribution in [0.15, 0.2) is 16.7 Å². The number of carbonyl (C=O) groups is 2. The number of aliphatic carboxylic acids is 1. The molecular weight excluding hydrogens is 312 g/mol. The minimum absolute atomic E-state index is 0.0484. The fraction of sp³-hybridized carbons (Fsp3) is 0.462. The number of carbonyl (C=O) groups excluding carboxylic acids is 1. The molecule has 1 aromatic heterocycles. The molecule has 0 unspecified atom stereocenters. The zero-order valence-corrected chi connectivity index (χ0v) is 12.7. The molecule has 0 bridgehead atoms. The Labute approximate surface area is 120 Å². The van der Waals surface area contributed by atoms with Gasteiger partial charge < -0.3 is 10.4 Å². The van der Waals surface area contributed by atoms with Gasteiger partial charge in [0, 0.05) is 17.1 Å². The first-order chi connectivity index (χ1) is 8.69. The van der Waals surface area contributed by atoms with Gasteiger partial charge in [-0.3, -0.25) is 9.59 Å². The lowest BCUT2D eigenvalue weighted by Gasteiger charge is -2.21. The number of amides is 1. The fourth-order valence-corrected chi connectivity index (χ4v) is 2.20. The Balaban J connectivity index is 2.67. The quantitative estimate of drug-likeness (QED) is 0.870. The molecule has 0 aliphatic carbocycles. The Morgan fingerprint density at radius 1 is 1.42 bits per heavy atom. The van der Waals surface area contributed by atoms with E-state index in [1.165, 1.54) is 0 Å². The molecule has 6 heteroatoms. The van der Waals surface area contributed by atoms with Gasteiger partial charge in [0.1, 0.15) is 5.82 Å². The van der Waals surface area contributed by atoms with Crippen LogP contribution in [-0.4, -0.2) is 22.0 Å². The van der Waals surface area contributed by atoms with Gasteiger partial charge in [-0.25, -0.2) is 4.98 Å². The minimum atomic E-state index is -0.907. The maximum atomic E-state index is 11.9. The van der Waals surface area contributed by atoms with Gasteiger partial charge in [-0.05, 0) is 39.9 Å². The molecule has 1 rings (SSSR count). The highest BCUT2D eigenvalue weighted by Gasteiger charge is 2.25. The normalized spacial score (nSPS) is 11.2. The number of pyridine rings is 1. The summed E-state index contributed by atoms with van der Waals surface area (Å²) in [4.78, 5) is 26.7. The van der Waals surface area contributed by atoms with Crippen molar-refractivity contribution in [3.8, 4) is 0 Å². The summed E-state index contributed by atoms with van der Waals surface area (Å²) in [5.74, 6) is -0.640. The highest BCUT2D eigenvalue weighted by atomic mass is 79.9. The van der Waals surface area contributed by atoms with Crippen molar-refractivity contribution in [1.82, 2.24) is 4.98 Å². The summed E-state index contributed by atoms with van der Waals surface area (Å²) in [6, 6.07) is 1.85. The molecule has 0 saturated carbocycles. The van der Waals surface area contributed by atoms with Gasteiger partial charge in [0.2, 0.25) is 5.91 Å². The number of hydrogen-bond donors (Lipinski definition) is 2. The number of carboxylic acids is 1. The molecule has 2 N–H and O–H groups in total. The Hall–Kier alpha value is -1.43. The van der Waals surface area contributed by atoms with E-state index in [4.69, 9.17) is 5.11 Å². The molecule has 0 atom stereocenters. The monoisotopic (exact) mass is 328 g/mol. The van der Waals surface area contributed by atoms with E-state index >= 15 is 0 Å². The maximum absolute atomic E-state index is 11.9. The lowest BCUT2D eigenvalue weighted by atomic mass is 9.85. The summed E-state index contributed by atoms with van der Waals surface area (Å²) in [5.41, 5.74) is 0.262. The van der Waals surface area contributed by atoms with E-state index in [1.807, 2.05) is 13.0 Å². The highest BCUT2D eigenvalue weighted by molar-refractivity contribution is 9.10. The van der Waals surface area contributed by atoms with Gasteiger partial charge in [0.25, 0.3) is 0 Å². The number of hydrogen-bond acceptors (Lipinski definition) is 3. The molecule has 0 fully saturated rings. The fourth-order valence-electron chi connectivity index (χ4n) is 1.75. The Bertz CT molecular complexity index is 501. The number of nitrogens with one attached hydrogen (secondary N) is 1. The molecule has 1 aromatic rings. The van der Waals surface area contributed by atoms with Crippen molar-refractivity contribution in [2.24, 2.45) is 5.41 Å². The van der Waals surface area contributed by atoms with Crippen LogP contribution in [0.25, 0.3) is 0 Å². The summed E-state index contributed by atoms with van der Waals surface area (Å²) in [6.45, 7) is 5.35. The van der Waals surface area contributed by atoms with Gasteiger partial charge in [-0.2, -0.15) is 0 Å². The smallest absolute Gasteiger partial charge is 0.303 e. The van der Waals surface area contributed by atoms with Crippen molar-refractivity contribution in [1.29, 1.82) is 0 Å². The molecule has 0 aliphatic rings. The van der Waals surface area contributed by atoms with Crippen LogP contribution in [0.4, 0.5) is 5.82 Å². The molecule has 0 saturated heterocycles. The summed E-state index contributed by atoms with van der Waals surface area (Å²) in [5, 5.41) is 11.5. The molecule has 0 spiro atoms. The van der Waals surface area contributed by atoms with Crippen LogP contribution in [0.3, 0.4) is 0 Å². The SMILES string of the molecule is Cc1cc(Br)cnc1NC(=O)CC(C)(C)CC(=O)O. The molecule has 1 heterocycles. The summed E-state index contributed by atoms with van der Waals surface area (Å²) >= 11 is 3.30. The number of aryl methyl sites for hydroxylation is 1. The number of halogens is 1. The Morgan fingerprint density at radius 3 is 2.58 bits per heavy atom. The standard InChI is InChI=1S/C13H17BrN2O3/c1-8-4-9(14)7-15-12(8)16-10(17)5-13(2,3)6-11(18)19/h4,7H,5-6H2,1-3H3,(H,18,19)(H,15,16,17). The number of aromatic nitrogens is 1. The van der Waals surface area contributed by atoms with Crippen molar-refractivity contribution in [3.63, 3.8) is 0 Å². The van der Waals surface area contributed by atoms with Crippen LogP contribution < -0.4 is 5.32 Å². The number of nitrogens with zero attached hydrogens (tertiary/aromatic N) is 1. The topological polar surface area (TPSA) is 79.3 Å². The molecule has 0 radical (unpaired) electrons. The van der Waals surface area contributed by atoms with Gasteiger partial charge in [0.05, 0.1) is 6.42 Å². The van der Waals surface area contributed by atoms with Crippen LogP contribution in [-0.2, 0) is 9.59 Å². The van der Waals surface area contributed by atoms with Gasteiger partial charge >= 0.3 is 5.97 Å². The van der Waals surface area contributed by atoms with Crippen LogP contribution in [0.5, 0.6) is 0 Å². The number of carboxylic acid groups (broad SMARTS) is 1. The summed E-state index contributed by atoms with van der Waals surface area (Å²) in [6.07, 6.45) is 1.69. The predicted molar refractivity (Wildman–Crippen MR) is 76.0 cm³/mol. The van der Waals surface area contributed by atoms with E-state index in [0.717, 1.165) is 10.0 Å². The van der Waals surface area contributed by atoms with E-state index in [2.05, 4.69) is 26.2 Å². The van der Waals surface area contributed by atoms with E-state index in [1.54, 1.807) is 20.0 Å². The van der Waals surface area contributed by atoms with Gasteiger partial charge in [-0.15, -0.1) is 0 Å². The second-order valence-corrected chi connectivity index (χ2v) is 6.19. The largest absolute Gasteiger partial charge is 0.481 e.